The van der Waals surface area contributed by atoms with Crippen molar-refractivity contribution in [2.75, 3.05) is 0 Å². The lowest BCUT2D eigenvalue weighted by Gasteiger charge is -2.53. The van der Waals surface area contributed by atoms with Gasteiger partial charge in [-0.05, 0) is 84.9 Å². The Labute approximate surface area is 152 Å². The molecule has 0 aliphatic heterocycles. The zero-order chi connectivity index (χ0) is 17.5. The van der Waals surface area contributed by atoms with Crippen LogP contribution in [0.25, 0.3) is 0 Å². The van der Waals surface area contributed by atoms with E-state index in [1.807, 2.05) is 0 Å². The Kier molecular flexibility index (Phi) is 5.44. The van der Waals surface area contributed by atoms with Crippen molar-refractivity contribution in [1.29, 1.82) is 0 Å². The van der Waals surface area contributed by atoms with E-state index >= 15 is 0 Å². The van der Waals surface area contributed by atoms with Gasteiger partial charge in [-0.2, -0.15) is 0 Å². The Balaban J connectivity index is 1.40. The molecule has 5 atom stereocenters. The summed E-state index contributed by atoms with van der Waals surface area (Å²) in [7, 11) is 0. The molecule has 5 unspecified atom stereocenters. The minimum Gasteiger partial charge on any atom is -0.0622 e. The molecule has 0 nitrogen and oxygen atoms in total. The first-order valence-electron chi connectivity index (χ1n) is 11.2. The highest BCUT2D eigenvalue weighted by Gasteiger charge is 2.47. The summed E-state index contributed by atoms with van der Waals surface area (Å²) in [5.74, 6) is 6.12. The van der Waals surface area contributed by atoms with E-state index in [2.05, 4.69) is 41.5 Å². The third-order valence-corrected chi connectivity index (χ3v) is 8.94. The van der Waals surface area contributed by atoms with E-state index in [1.165, 1.54) is 64.2 Å². The molecule has 0 spiro atoms. The normalized spacial score (nSPS) is 35.8. The van der Waals surface area contributed by atoms with E-state index in [1.54, 1.807) is 0 Å². The van der Waals surface area contributed by atoms with Crippen LogP contribution in [0.2, 0.25) is 0 Å². The standard InChI is InChI=1S/C24H44/c1-17(20-14-16-22(20)23(2,3)4)9-7-10-18-13-15-21(18)24(5,6)19-11-8-12-19/h17-22H,7-16H2,1-6H3. The van der Waals surface area contributed by atoms with Crippen LogP contribution in [0.15, 0.2) is 0 Å². The largest absolute Gasteiger partial charge is 0.0622 e. The van der Waals surface area contributed by atoms with E-state index in [4.69, 9.17) is 0 Å². The third-order valence-electron chi connectivity index (χ3n) is 8.94. The molecule has 3 fully saturated rings. The second-order valence-electron chi connectivity index (χ2n) is 11.5. The first-order chi connectivity index (χ1) is 11.2. The van der Waals surface area contributed by atoms with Crippen LogP contribution in [0.1, 0.15) is 106 Å². The first-order valence-corrected chi connectivity index (χ1v) is 11.2. The zero-order valence-electron chi connectivity index (χ0n) is 17.5. The average Bonchev–Trinajstić information content (AvgIpc) is 2.25. The summed E-state index contributed by atoms with van der Waals surface area (Å²) in [6.07, 6.45) is 15.1. The summed E-state index contributed by atoms with van der Waals surface area (Å²) in [6.45, 7) is 15.1. The monoisotopic (exact) mass is 332 g/mol. The Morgan fingerprint density at radius 2 is 1.50 bits per heavy atom. The molecule has 0 aromatic rings. The molecule has 0 aromatic carbocycles. The quantitative estimate of drug-likeness (QED) is 0.447. The Morgan fingerprint density at radius 3 is 1.92 bits per heavy atom. The summed E-state index contributed by atoms with van der Waals surface area (Å²) in [4.78, 5) is 0. The van der Waals surface area contributed by atoms with Gasteiger partial charge in [0, 0.05) is 0 Å². The zero-order valence-corrected chi connectivity index (χ0v) is 17.5. The fraction of sp³-hybridized carbons (Fsp3) is 1.00. The van der Waals surface area contributed by atoms with Gasteiger partial charge in [-0.25, -0.2) is 0 Å². The smallest absolute Gasteiger partial charge is 0.0295 e. The SMILES string of the molecule is CC(CCCC1CCC1C(C)(C)C1CCC1)C1CCC1C(C)(C)C. The molecule has 0 heterocycles. The van der Waals surface area contributed by atoms with E-state index in [0.29, 0.717) is 10.8 Å². The maximum Gasteiger partial charge on any atom is -0.0295 e. The summed E-state index contributed by atoms with van der Waals surface area (Å²) in [6, 6.07) is 0. The van der Waals surface area contributed by atoms with Gasteiger partial charge in [-0.1, -0.05) is 67.2 Å². The molecule has 0 heteroatoms. The predicted molar refractivity (Wildman–Crippen MR) is 106 cm³/mol. The lowest BCUT2D eigenvalue weighted by molar-refractivity contribution is -0.0359. The second-order valence-corrected chi connectivity index (χ2v) is 11.5. The topological polar surface area (TPSA) is 0 Å². The highest BCUT2D eigenvalue weighted by molar-refractivity contribution is 4.97. The van der Waals surface area contributed by atoms with Gasteiger partial charge in [0.15, 0.2) is 0 Å². The molecule has 0 N–H and O–H groups in total. The van der Waals surface area contributed by atoms with Gasteiger partial charge >= 0.3 is 0 Å². The fourth-order valence-corrected chi connectivity index (χ4v) is 6.55. The molecule has 3 rings (SSSR count). The molecule has 3 aliphatic carbocycles. The van der Waals surface area contributed by atoms with Gasteiger partial charge in [0.25, 0.3) is 0 Å². The van der Waals surface area contributed by atoms with Crippen LogP contribution in [0.3, 0.4) is 0 Å². The van der Waals surface area contributed by atoms with Crippen LogP contribution in [0.4, 0.5) is 0 Å². The predicted octanol–water partition coefficient (Wildman–Crippen LogP) is 7.72. The van der Waals surface area contributed by atoms with Gasteiger partial charge < -0.3 is 0 Å². The molecule has 0 saturated heterocycles. The molecule has 140 valence electrons. The van der Waals surface area contributed by atoms with E-state index in [-0.39, 0.29) is 0 Å². The Morgan fingerprint density at radius 1 is 0.833 bits per heavy atom. The lowest BCUT2D eigenvalue weighted by atomic mass is 9.52. The molecule has 0 aromatic heterocycles. The highest BCUT2D eigenvalue weighted by atomic mass is 14.5. The Hall–Kier alpha value is 0. The van der Waals surface area contributed by atoms with Gasteiger partial charge in [-0.15, -0.1) is 0 Å². The third kappa shape index (κ3) is 3.59. The van der Waals surface area contributed by atoms with Crippen molar-refractivity contribution in [1.82, 2.24) is 0 Å². The molecular weight excluding hydrogens is 288 g/mol. The van der Waals surface area contributed by atoms with Gasteiger partial charge in [0.2, 0.25) is 0 Å². The van der Waals surface area contributed by atoms with Gasteiger partial charge in [0.1, 0.15) is 0 Å². The van der Waals surface area contributed by atoms with Crippen LogP contribution in [-0.2, 0) is 0 Å². The van der Waals surface area contributed by atoms with Crippen LogP contribution in [0.5, 0.6) is 0 Å². The molecule has 3 aliphatic rings. The highest BCUT2D eigenvalue weighted by Crippen LogP contribution is 2.56. The molecule has 0 radical (unpaired) electrons. The van der Waals surface area contributed by atoms with E-state index < -0.39 is 0 Å². The maximum atomic E-state index is 2.60. The minimum absolute atomic E-state index is 0.531. The average molecular weight is 333 g/mol. The summed E-state index contributed by atoms with van der Waals surface area (Å²) < 4.78 is 0. The second kappa shape index (κ2) is 6.96. The van der Waals surface area contributed by atoms with Crippen LogP contribution >= 0.6 is 0 Å². The number of hydrogen-bond acceptors (Lipinski definition) is 0. The molecular formula is C24H44. The van der Waals surface area contributed by atoms with Crippen LogP contribution in [0, 0.1) is 46.3 Å². The van der Waals surface area contributed by atoms with Crippen LogP contribution < -0.4 is 0 Å². The summed E-state index contributed by atoms with van der Waals surface area (Å²) in [5, 5.41) is 0. The molecule has 3 saturated carbocycles. The Bertz CT molecular complexity index is 408. The van der Waals surface area contributed by atoms with E-state index in [9.17, 15) is 0 Å². The van der Waals surface area contributed by atoms with Crippen molar-refractivity contribution in [3.63, 3.8) is 0 Å². The van der Waals surface area contributed by atoms with Gasteiger partial charge in [-0.3, -0.25) is 0 Å². The fourth-order valence-electron chi connectivity index (χ4n) is 6.55. The summed E-state index contributed by atoms with van der Waals surface area (Å²) in [5.41, 5.74) is 1.17. The minimum atomic E-state index is 0.531. The van der Waals surface area contributed by atoms with Crippen molar-refractivity contribution in [2.45, 2.75) is 106 Å². The molecule has 24 heavy (non-hydrogen) atoms. The van der Waals surface area contributed by atoms with Gasteiger partial charge in [0.05, 0.1) is 0 Å². The van der Waals surface area contributed by atoms with Crippen molar-refractivity contribution < 1.29 is 0 Å². The van der Waals surface area contributed by atoms with Crippen molar-refractivity contribution >= 4 is 0 Å². The van der Waals surface area contributed by atoms with Crippen molar-refractivity contribution in [2.24, 2.45) is 46.3 Å². The maximum absolute atomic E-state index is 2.60. The van der Waals surface area contributed by atoms with Crippen molar-refractivity contribution in [3.8, 4) is 0 Å². The van der Waals surface area contributed by atoms with Crippen molar-refractivity contribution in [3.05, 3.63) is 0 Å². The molecule has 0 amide bonds. The number of rotatable bonds is 7. The first kappa shape index (κ1) is 18.8. The van der Waals surface area contributed by atoms with Crippen LogP contribution in [-0.4, -0.2) is 0 Å². The summed E-state index contributed by atoms with van der Waals surface area (Å²) >= 11 is 0. The molecule has 0 bridgehead atoms. The number of hydrogen-bond donors (Lipinski definition) is 0. The van der Waals surface area contributed by atoms with E-state index in [0.717, 1.165) is 35.5 Å². The lowest BCUT2D eigenvalue weighted by Crippen LogP contribution is -2.44.